The van der Waals surface area contributed by atoms with Gasteiger partial charge in [0.2, 0.25) is 0 Å². The van der Waals surface area contributed by atoms with Crippen molar-refractivity contribution in [3.05, 3.63) is 81.9 Å². The van der Waals surface area contributed by atoms with Gasteiger partial charge in [-0.05, 0) is 0 Å². The number of allylic oxidation sites excluding steroid dienone is 2. The Hall–Kier alpha value is -0.596. The van der Waals surface area contributed by atoms with Crippen LogP contribution in [0, 0.1) is 0 Å². The smallest absolute Gasteiger partial charge is 1.00 e. The van der Waals surface area contributed by atoms with E-state index in [9.17, 15) is 0 Å². The number of halogens is 2. The summed E-state index contributed by atoms with van der Waals surface area (Å²) in [6.45, 7) is 23.7. The number of fused-ring (bicyclic) bond motifs is 6. The molecule has 0 unspecified atom stereocenters. The van der Waals surface area contributed by atoms with E-state index in [-0.39, 0.29) is 34.9 Å². The molecule has 2 atom stereocenters. The molecule has 1 fully saturated rings. The molecule has 0 aromatic heterocycles. The summed E-state index contributed by atoms with van der Waals surface area (Å²) in [6.07, 6.45) is 2.20. The molecule has 39 heavy (non-hydrogen) atoms. The van der Waals surface area contributed by atoms with Gasteiger partial charge in [0.05, 0.1) is 0 Å². The Kier molecular flexibility index (Phi) is 9.49. The van der Waals surface area contributed by atoms with Gasteiger partial charge in [-0.3, -0.25) is 0 Å². The van der Waals surface area contributed by atoms with Gasteiger partial charge in [0.1, 0.15) is 0 Å². The molecular weight excluding hydrogens is 722 g/mol. The second kappa shape index (κ2) is 11.2. The van der Waals surface area contributed by atoms with Crippen molar-refractivity contribution >= 4 is 28.2 Å². The molecular formula is C32H44Cl2HfO2Si2. The first-order chi connectivity index (χ1) is 17.1. The van der Waals surface area contributed by atoms with Crippen molar-refractivity contribution in [1.29, 1.82) is 0 Å². The van der Waals surface area contributed by atoms with E-state index in [2.05, 4.69) is 116 Å². The molecule has 2 nitrogen and oxygen atoms in total. The van der Waals surface area contributed by atoms with Gasteiger partial charge in [0.25, 0.3) is 0 Å². The van der Waals surface area contributed by atoms with Gasteiger partial charge in [0, 0.05) is 0 Å². The van der Waals surface area contributed by atoms with E-state index in [0.717, 1.165) is 12.8 Å². The van der Waals surface area contributed by atoms with E-state index < -0.39 is 39.5 Å². The van der Waals surface area contributed by atoms with Crippen LogP contribution in [0.1, 0.15) is 84.0 Å². The minimum atomic E-state index is -1.95. The average Bonchev–Trinajstić information content (AvgIpc) is 3.14. The van der Waals surface area contributed by atoms with Crippen LogP contribution < -0.4 is 24.8 Å². The molecule has 2 aromatic rings. The Balaban J connectivity index is 0.00000210. The van der Waals surface area contributed by atoms with Crippen LogP contribution in [0.2, 0.25) is 36.3 Å². The predicted octanol–water partition coefficient (Wildman–Crippen LogP) is 3.85. The SMILES string of the molecule is CC(C)(C)[Si](C)(C)OC1=C2CCC3=C(O[Si](C)(C)C(C)(C)C)c4ccccc4[C@H]3[Hf+2][C@H]2c2ccccc21.[Cl-].[Cl-]. The van der Waals surface area contributed by atoms with Crippen LogP contribution in [0.5, 0.6) is 0 Å². The third kappa shape index (κ3) is 5.74. The zero-order valence-electron chi connectivity index (χ0n) is 25.3. The van der Waals surface area contributed by atoms with Crippen LogP contribution in [-0.2, 0) is 31.8 Å². The molecule has 2 aromatic carbocycles. The molecule has 0 saturated carbocycles. The minimum Gasteiger partial charge on any atom is -1.00 e. The van der Waals surface area contributed by atoms with E-state index in [1.54, 1.807) is 22.3 Å². The fourth-order valence-electron chi connectivity index (χ4n) is 5.28. The van der Waals surface area contributed by atoms with Gasteiger partial charge in [-0.15, -0.1) is 0 Å². The van der Waals surface area contributed by atoms with Crippen molar-refractivity contribution in [3.8, 4) is 0 Å². The van der Waals surface area contributed by atoms with Crippen LogP contribution >= 0.6 is 0 Å². The molecule has 0 N–H and O–H groups in total. The quantitative estimate of drug-likeness (QED) is 0.441. The molecule has 2 aliphatic carbocycles. The summed E-state index contributed by atoms with van der Waals surface area (Å²) in [6, 6.07) is 18.3. The standard InChI is InChI=1S/C32H44O2Si2.2ClH.Hf/c1-31(2,3)35(7,8)33-29-25(21-23-15-11-13-17-27(23)29)19-20-26-22-24-16-12-14-18-28(24)30(26)34-36(9,10)32(4,5)6;;;/h11-18,21-22H,19-20H2,1-10H3;2*1H;/q;;;+2/p-2. The Labute approximate surface area is 262 Å². The first-order valence-corrected chi connectivity index (χ1v) is 23.9. The van der Waals surface area contributed by atoms with E-state index in [1.165, 1.54) is 22.6 Å². The summed E-state index contributed by atoms with van der Waals surface area (Å²) < 4.78 is 15.6. The van der Waals surface area contributed by atoms with Gasteiger partial charge in [-0.1, -0.05) is 0 Å². The first kappa shape index (κ1) is 32.9. The fourth-order valence-corrected chi connectivity index (χ4v) is 15.1. The Morgan fingerprint density at radius 1 is 0.615 bits per heavy atom. The van der Waals surface area contributed by atoms with Gasteiger partial charge in [0.15, 0.2) is 0 Å². The molecule has 210 valence electrons. The van der Waals surface area contributed by atoms with E-state index >= 15 is 0 Å². The number of hydrogen-bond acceptors (Lipinski definition) is 2. The van der Waals surface area contributed by atoms with Crippen LogP contribution in [0.25, 0.3) is 11.5 Å². The Bertz CT molecular complexity index is 1200. The summed E-state index contributed by atoms with van der Waals surface area (Å²) in [4.78, 5) is 0. The molecule has 0 amide bonds. The maximum absolute atomic E-state index is 7.17. The molecule has 1 heterocycles. The molecule has 3 aliphatic rings. The summed E-state index contributed by atoms with van der Waals surface area (Å²) >= 11 is -1.24. The first-order valence-electron chi connectivity index (χ1n) is 13.9. The van der Waals surface area contributed by atoms with E-state index in [0.29, 0.717) is 7.35 Å². The van der Waals surface area contributed by atoms with Crippen LogP contribution in [0.4, 0.5) is 0 Å². The van der Waals surface area contributed by atoms with Crippen LogP contribution in [0.15, 0.2) is 59.7 Å². The normalized spacial score (nSPS) is 20.3. The van der Waals surface area contributed by atoms with Gasteiger partial charge >= 0.3 is 240 Å². The zero-order chi connectivity index (χ0) is 27.0. The molecule has 1 saturated heterocycles. The topological polar surface area (TPSA) is 18.5 Å². The maximum Gasteiger partial charge on any atom is -1.00 e. The number of benzene rings is 2. The fraction of sp³-hybridized carbons (Fsp3) is 0.500. The molecule has 0 bridgehead atoms. The zero-order valence-corrected chi connectivity index (χ0v) is 32.4. The van der Waals surface area contributed by atoms with Crippen molar-refractivity contribution in [2.24, 2.45) is 0 Å². The van der Waals surface area contributed by atoms with Crippen LogP contribution in [0.3, 0.4) is 0 Å². The maximum atomic E-state index is 7.17. The molecule has 0 spiro atoms. The minimum absolute atomic E-state index is 0. The van der Waals surface area contributed by atoms with Crippen molar-refractivity contribution in [3.63, 3.8) is 0 Å². The van der Waals surface area contributed by atoms with E-state index in [4.69, 9.17) is 8.85 Å². The van der Waals surface area contributed by atoms with Gasteiger partial charge in [-0.25, -0.2) is 0 Å². The summed E-state index contributed by atoms with van der Waals surface area (Å²) in [7, 11) is -3.90. The van der Waals surface area contributed by atoms with Crippen molar-refractivity contribution in [2.45, 2.75) is 98.0 Å². The largest absolute Gasteiger partial charge is 1.00 e. The number of hydrogen-bond donors (Lipinski definition) is 0. The average molecular weight is 766 g/mol. The van der Waals surface area contributed by atoms with Crippen LogP contribution in [-0.4, -0.2) is 16.6 Å². The molecule has 0 radical (unpaired) electrons. The summed E-state index contributed by atoms with van der Waals surface area (Å²) in [5.74, 6) is 2.50. The second-order valence-corrected chi connectivity index (χ2v) is 28.9. The van der Waals surface area contributed by atoms with Gasteiger partial charge < -0.3 is 24.8 Å². The van der Waals surface area contributed by atoms with Crippen molar-refractivity contribution in [2.75, 3.05) is 0 Å². The molecule has 1 aliphatic heterocycles. The second-order valence-electron chi connectivity index (χ2n) is 14.1. The Morgan fingerprint density at radius 2 is 0.949 bits per heavy atom. The third-order valence-corrected chi connectivity index (χ3v) is 25.4. The summed E-state index contributed by atoms with van der Waals surface area (Å²) in [5, 5.41) is 0.366. The van der Waals surface area contributed by atoms with Crippen molar-refractivity contribution in [1.82, 2.24) is 0 Å². The van der Waals surface area contributed by atoms with Gasteiger partial charge in [-0.2, -0.15) is 0 Å². The monoisotopic (exact) mass is 766 g/mol. The predicted molar refractivity (Wildman–Crippen MR) is 158 cm³/mol. The summed E-state index contributed by atoms with van der Waals surface area (Å²) in [5.41, 5.74) is 9.09. The number of rotatable bonds is 4. The molecule has 5 rings (SSSR count). The Morgan fingerprint density at radius 3 is 1.28 bits per heavy atom. The molecule has 7 heteroatoms. The van der Waals surface area contributed by atoms with Crippen molar-refractivity contribution < 1.29 is 56.6 Å². The van der Waals surface area contributed by atoms with E-state index in [1.807, 2.05) is 0 Å². The third-order valence-electron chi connectivity index (χ3n) is 9.64.